The van der Waals surface area contributed by atoms with E-state index in [1.165, 1.54) is 0 Å². The van der Waals surface area contributed by atoms with Crippen LogP contribution in [-0.2, 0) is 10.9 Å². The van der Waals surface area contributed by atoms with Gasteiger partial charge >= 0.3 is 12.1 Å². The first kappa shape index (κ1) is 11.3. The third-order valence-electron chi connectivity index (χ3n) is 1.64. The number of ether oxygens (including phenoxy) is 1. The lowest BCUT2D eigenvalue weighted by Crippen LogP contribution is -2.15. The summed E-state index contributed by atoms with van der Waals surface area (Å²) in [5.41, 5.74) is 3.37. The Morgan fingerprint density at radius 2 is 2.13 bits per heavy atom. The highest BCUT2D eigenvalue weighted by Crippen LogP contribution is 2.32. The van der Waals surface area contributed by atoms with Crippen molar-refractivity contribution < 1.29 is 22.7 Å². The van der Waals surface area contributed by atoms with Gasteiger partial charge in [0.2, 0.25) is 0 Å². The average Bonchev–Trinajstić information content (AvgIpc) is 2.14. The third kappa shape index (κ3) is 2.36. The van der Waals surface area contributed by atoms with Crippen molar-refractivity contribution in [3.05, 3.63) is 23.4 Å². The number of pyridine rings is 1. The quantitative estimate of drug-likeness (QED) is 0.728. The summed E-state index contributed by atoms with van der Waals surface area (Å²) in [6.45, 7) is 0. The van der Waals surface area contributed by atoms with Crippen LogP contribution in [0.15, 0.2) is 12.3 Å². The lowest BCUT2D eigenvalue weighted by molar-refractivity contribution is -0.138. The molecule has 0 spiro atoms. The van der Waals surface area contributed by atoms with Crippen molar-refractivity contribution in [3.8, 4) is 0 Å². The number of nitrogens with zero attached hydrogens (tertiary/aromatic N) is 1. The van der Waals surface area contributed by atoms with Gasteiger partial charge in [-0.1, -0.05) is 0 Å². The smallest absolute Gasteiger partial charge is 0.418 e. The van der Waals surface area contributed by atoms with Crippen molar-refractivity contribution in [3.63, 3.8) is 0 Å². The zero-order valence-corrected chi connectivity index (χ0v) is 7.63. The van der Waals surface area contributed by atoms with E-state index in [0.717, 1.165) is 13.2 Å². The summed E-state index contributed by atoms with van der Waals surface area (Å²) in [4.78, 5) is 14.3. The fourth-order valence-electron chi connectivity index (χ4n) is 0.976. The van der Waals surface area contributed by atoms with Crippen LogP contribution >= 0.6 is 0 Å². The number of nitrogens with two attached hydrogens (primary N) is 1. The van der Waals surface area contributed by atoms with Crippen molar-refractivity contribution >= 4 is 11.8 Å². The number of carbonyl (C=O) groups excluding carboxylic acids is 1. The van der Waals surface area contributed by atoms with E-state index in [1.807, 2.05) is 0 Å². The molecule has 15 heavy (non-hydrogen) atoms. The summed E-state index contributed by atoms with van der Waals surface area (Å²) >= 11 is 0. The standard InChI is InChI=1S/C8H7F3N2O2/c1-15-7(14)4-2-6(12)13-3-5(4)8(9,10)11/h2-3H,1H3,(H2,12,13). The molecule has 2 N–H and O–H groups in total. The Labute approximate surface area is 82.9 Å². The highest BCUT2D eigenvalue weighted by molar-refractivity contribution is 5.91. The van der Waals surface area contributed by atoms with Gasteiger partial charge in [-0.05, 0) is 6.07 Å². The van der Waals surface area contributed by atoms with Gasteiger partial charge in [0.15, 0.2) is 0 Å². The number of alkyl halides is 3. The Morgan fingerprint density at radius 1 is 1.53 bits per heavy atom. The van der Waals surface area contributed by atoms with E-state index in [9.17, 15) is 18.0 Å². The van der Waals surface area contributed by atoms with Crippen LogP contribution in [-0.4, -0.2) is 18.1 Å². The van der Waals surface area contributed by atoms with Gasteiger partial charge in [0.25, 0.3) is 0 Å². The van der Waals surface area contributed by atoms with Crippen LogP contribution in [0.3, 0.4) is 0 Å². The van der Waals surface area contributed by atoms with Gasteiger partial charge in [0.05, 0.1) is 18.2 Å². The molecule has 4 nitrogen and oxygen atoms in total. The lowest BCUT2D eigenvalue weighted by atomic mass is 10.1. The third-order valence-corrected chi connectivity index (χ3v) is 1.64. The molecule has 0 amide bonds. The average molecular weight is 220 g/mol. The Hall–Kier alpha value is -1.79. The topological polar surface area (TPSA) is 65.2 Å². The number of hydrogen-bond donors (Lipinski definition) is 1. The van der Waals surface area contributed by atoms with Gasteiger partial charge in [-0.2, -0.15) is 13.2 Å². The summed E-state index contributed by atoms with van der Waals surface area (Å²) in [5.74, 6) is -1.28. The Balaban J connectivity index is 3.33. The van der Waals surface area contributed by atoms with Gasteiger partial charge in [-0.15, -0.1) is 0 Å². The highest BCUT2D eigenvalue weighted by Gasteiger charge is 2.36. The predicted molar refractivity (Wildman–Crippen MR) is 45.0 cm³/mol. The molecule has 0 saturated carbocycles. The maximum Gasteiger partial charge on any atom is 0.418 e. The molecule has 0 aromatic carbocycles. The summed E-state index contributed by atoms with van der Waals surface area (Å²) in [6, 6.07) is 0.828. The number of halogens is 3. The number of nitrogen functional groups attached to an aromatic ring is 1. The second kappa shape index (κ2) is 3.76. The summed E-state index contributed by atoms with van der Waals surface area (Å²) in [7, 11) is 0.985. The molecule has 0 saturated heterocycles. The van der Waals surface area contributed by atoms with Crippen LogP contribution in [0, 0.1) is 0 Å². The number of rotatable bonds is 1. The molecule has 0 radical (unpaired) electrons. The SMILES string of the molecule is COC(=O)c1cc(N)ncc1C(F)(F)F. The van der Waals surface area contributed by atoms with E-state index in [0.29, 0.717) is 6.20 Å². The van der Waals surface area contributed by atoms with E-state index in [2.05, 4.69) is 9.72 Å². The first-order valence-corrected chi connectivity index (χ1v) is 3.77. The first-order valence-electron chi connectivity index (χ1n) is 3.77. The van der Waals surface area contributed by atoms with Gasteiger partial charge in [-0.3, -0.25) is 0 Å². The summed E-state index contributed by atoms with van der Waals surface area (Å²) < 4.78 is 41.4. The minimum atomic E-state index is -4.66. The van der Waals surface area contributed by atoms with Crippen LogP contribution in [0.1, 0.15) is 15.9 Å². The molecule has 0 unspecified atom stereocenters. The van der Waals surface area contributed by atoms with Crippen molar-refractivity contribution in [2.24, 2.45) is 0 Å². The molecule has 0 aliphatic carbocycles. The second-order valence-electron chi connectivity index (χ2n) is 2.64. The summed E-state index contributed by atoms with van der Waals surface area (Å²) in [6.07, 6.45) is -4.16. The number of carbonyl (C=O) groups is 1. The van der Waals surface area contributed by atoms with Crippen LogP contribution in [0.4, 0.5) is 19.0 Å². The maximum atomic E-state index is 12.4. The maximum absolute atomic E-state index is 12.4. The number of hydrogen-bond acceptors (Lipinski definition) is 4. The van der Waals surface area contributed by atoms with Gasteiger partial charge < -0.3 is 10.5 Å². The van der Waals surface area contributed by atoms with Crippen LogP contribution in [0.5, 0.6) is 0 Å². The number of anilines is 1. The molecule has 1 heterocycles. The molecule has 82 valence electrons. The van der Waals surface area contributed by atoms with Crippen molar-refractivity contribution in [2.75, 3.05) is 12.8 Å². The van der Waals surface area contributed by atoms with E-state index in [-0.39, 0.29) is 5.82 Å². The van der Waals surface area contributed by atoms with Crippen molar-refractivity contribution in [2.45, 2.75) is 6.18 Å². The highest BCUT2D eigenvalue weighted by atomic mass is 19.4. The zero-order valence-electron chi connectivity index (χ0n) is 7.63. The van der Waals surface area contributed by atoms with E-state index in [4.69, 9.17) is 5.73 Å². The molecule has 0 aliphatic heterocycles. The normalized spacial score (nSPS) is 11.2. The molecule has 0 atom stereocenters. The second-order valence-corrected chi connectivity index (χ2v) is 2.64. The molecule has 0 fully saturated rings. The van der Waals surface area contributed by atoms with Gasteiger partial charge in [0, 0.05) is 6.20 Å². The molecule has 7 heteroatoms. The minimum Gasteiger partial charge on any atom is -0.465 e. The Bertz CT molecular complexity index is 390. The molecular weight excluding hydrogens is 213 g/mol. The molecule has 0 bridgehead atoms. The monoisotopic (exact) mass is 220 g/mol. The largest absolute Gasteiger partial charge is 0.465 e. The lowest BCUT2D eigenvalue weighted by Gasteiger charge is -2.10. The molecule has 0 aliphatic rings. The molecule has 1 aromatic rings. The van der Waals surface area contributed by atoms with Crippen LogP contribution in [0.2, 0.25) is 0 Å². The van der Waals surface area contributed by atoms with E-state index >= 15 is 0 Å². The van der Waals surface area contributed by atoms with Gasteiger partial charge in [-0.25, -0.2) is 9.78 Å². The Kier molecular flexibility index (Phi) is 2.83. The van der Waals surface area contributed by atoms with Crippen LogP contribution < -0.4 is 5.73 Å². The zero-order chi connectivity index (χ0) is 11.6. The fraction of sp³-hybridized carbons (Fsp3) is 0.250. The number of methoxy groups -OCH3 is 1. The minimum absolute atomic E-state index is 0.177. The molecule has 1 aromatic heterocycles. The predicted octanol–water partition coefficient (Wildman–Crippen LogP) is 1.47. The number of aromatic nitrogens is 1. The van der Waals surface area contributed by atoms with E-state index < -0.39 is 23.3 Å². The fourth-order valence-corrected chi connectivity index (χ4v) is 0.976. The van der Waals surface area contributed by atoms with Crippen LogP contribution in [0.25, 0.3) is 0 Å². The first-order chi connectivity index (χ1) is 6.86. The number of esters is 1. The van der Waals surface area contributed by atoms with E-state index in [1.54, 1.807) is 0 Å². The van der Waals surface area contributed by atoms with Crippen molar-refractivity contribution in [1.82, 2.24) is 4.98 Å². The summed E-state index contributed by atoms with van der Waals surface area (Å²) in [5, 5.41) is 0. The molecule has 1 rings (SSSR count). The molecular formula is C8H7F3N2O2. The van der Waals surface area contributed by atoms with Gasteiger partial charge in [0.1, 0.15) is 5.82 Å². The van der Waals surface area contributed by atoms with Crippen molar-refractivity contribution in [1.29, 1.82) is 0 Å². The Morgan fingerprint density at radius 3 is 2.60 bits per heavy atom.